The molecule has 0 aliphatic rings. The zero-order valence-corrected chi connectivity index (χ0v) is 26.2. The smallest absolute Gasteiger partial charge is 0.0840 e. The number of nitrogens with zero attached hydrogens (tertiary/aromatic N) is 1. The number of hydrogen-bond donors (Lipinski definition) is 0. The Kier molecular flexibility index (Phi) is 6.84. The third-order valence-electron chi connectivity index (χ3n) is 8.69. The highest BCUT2D eigenvalue weighted by Gasteiger charge is 2.09. The lowest BCUT2D eigenvalue weighted by atomic mass is 9.93. The Labute approximate surface area is 288 Å². The fraction of sp³-hybridized carbons (Fsp3) is 0. The summed E-state index contributed by atoms with van der Waals surface area (Å²) in [5, 5.41) is 0. The highest BCUT2D eigenvalue weighted by molar-refractivity contribution is 5.82. The topological polar surface area (TPSA) is 12.9 Å². The molecule has 0 bridgehead atoms. The molecule has 0 saturated carbocycles. The normalized spacial score (nSPS) is 12.1. The van der Waals surface area contributed by atoms with Gasteiger partial charge in [0.15, 0.2) is 0 Å². The first-order chi connectivity index (χ1) is 25.4. The van der Waals surface area contributed by atoms with Gasteiger partial charge in [0.2, 0.25) is 0 Å². The molecular formula is C47H33N. The van der Waals surface area contributed by atoms with Crippen LogP contribution in [0, 0.1) is 0 Å². The summed E-state index contributed by atoms with van der Waals surface area (Å²) in [4.78, 5) is 4.17. The molecule has 1 heteroatoms. The molecule has 8 aromatic rings. The summed E-state index contributed by atoms with van der Waals surface area (Å²) >= 11 is 0. The fourth-order valence-corrected chi connectivity index (χ4v) is 6.24. The molecule has 0 fully saturated rings. The molecule has 0 atom stereocenters. The number of benzene rings is 7. The Morgan fingerprint density at radius 2 is 0.583 bits per heavy atom. The maximum absolute atomic E-state index is 8.37. The van der Waals surface area contributed by atoms with Gasteiger partial charge in [-0.15, -0.1) is 0 Å². The molecule has 0 amide bonds. The van der Waals surface area contributed by atoms with Crippen molar-refractivity contribution >= 4 is 0 Å². The van der Waals surface area contributed by atoms with Crippen molar-refractivity contribution < 1.29 is 5.48 Å². The molecule has 0 aliphatic heterocycles. The Morgan fingerprint density at radius 3 is 0.958 bits per heavy atom. The maximum atomic E-state index is 8.37. The molecule has 7 aromatic carbocycles. The van der Waals surface area contributed by atoms with Gasteiger partial charge in [0.1, 0.15) is 0 Å². The highest BCUT2D eigenvalue weighted by atomic mass is 14.7. The molecule has 0 spiro atoms. The second-order valence-electron chi connectivity index (χ2n) is 11.8. The van der Waals surface area contributed by atoms with E-state index in [1.165, 1.54) is 22.3 Å². The van der Waals surface area contributed by atoms with Crippen LogP contribution >= 0.6 is 0 Å². The Hall–Kier alpha value is -6.31. The van der Waals surface area contributed by atoms with Crippen LogP contribution in [0.3, 0.4) is 0 Å². The standard InChI is InChI=1S/C47H33N/c1-2-12-34(13-3-1)35-14-6-15-36(28-35)37-16-7-17-38(29-37)39-18-8-19-40(30-39)41-20-9-21-42(31-41)43-22-10-23-44(32-43)45-24-11-25-46(33-45)47-26-4-5-27-48-47/h1-33H/i4D,5D,26D,27D. The van der Waals surface area contributed by atoms with Crippen LogP contribution in [0.15, 0.2) is 200 Å². The van der Waals surface area contributed by atoms with Crippen LogP contribution in [0.4, 0.5) is 0 Å². The zero-order valence-electron chi connectivity index (χ0n) is 30.2. The van der Waals surface area contributed by atoms with E-state index in [0.717, 1.165) is 44.5 Å². The number of hydrogen-bond acceptors (Lipinski definition) is 1. The zero-order chi connectivity index (χ0) is 35.6. The van der Waals surface area contributed by atoms with Crippen molar-refractivity contribution in [2.24, 2.45) is 0 Å². The second kappa shape index (κ2) is 13.2. The van der Waals surface area contributed by atoms with Gasteiger partial charge in [-0.3, -0.25) is 4.98 Å². The van der Waals surface area contributed by atoms with Crippen molar-refractivity contribution in [1.29, 1.82) is 0 Å². The summed E-state index contributed by atoms with van der Waals surface area (Å²) in [5.41, 5.74) is 14.3. The van der Waals surface area contributed by atoms with Crippen LogP contribution in [0.5, 0.6) is 0 Å². The lowest BCUT2D eigenvalue weighted by Crippen LogP contribution is -1.86. The Morgan fingerprint density at radius 1 is 0.292 bits per heavy atom. The quantitative estimate of drug-likeness (QED) is 0.174. The SMILES string of the molecule is [2H]c1nc(-c2cccc(-c3cccc(-c4cccc(-c5cccc(-c6cccc(-c7cccc(-c8ccccc8)c7)c6)c5)c4)c3)c2)c([2H])c([2H])c1[2H]. The van der Waals surface area contributed by atoms with E-state index in [9.17, 15) is 0 Å². The largest absolute Gasteiger partial charge is 0.256 e. The third kappa shape index (κ3) is 6.23. The molecule has 0 N–H and O–H groups in total. The van der Waals surface area contributed by atoms with Crippen LogP contribution in [0.1, 0.15) is 5.48 Å². The lowest BCUT2D eigenvalue weighted by molar-refractivity contribution is 1.33. The van der Waals surface area contributed by atoms with Crippen LogP contribution in [0.25, 0.3) is 78.0 Å². The molecule has 8 rings (SSSR count). The summed E-state index contributed by atoms with van der Waals surface area (Å²) in [6.07, 6.45) is -0.299. The third-order valence-corrected chi connectivity index (χ3v) is 8.69. The van der Waals surface area contributed by atoms with E-state index in [2.05, 4.69) is 145 Å². The summed E-state index contributed by atoms with van der Waals surface area (Å²) in [7, 11) is 0. The van der Waals surface area contributed by atoms with Crippen molar-refractivity contribution in [3.05, 3.63) is 200 Å². The number of aromatic nitrogens is 1. The van der Waals surface area contributed by atoms with Gasteiger partial charge in [-0.25, -0.2) is 0 Å². The second-order valence-corrected chi connectivity index (χ2v) is 11.8. The minimum Gasteiger partial charge on any atom is -0.256 e. The van der Waals surface area contributed by atoms with Gasteiger partial charge in [0.05, 0.1) is 11.2 Å². The van der Waals surface area contributed by atoms with Crippen molar-refractivity contribution in [3.8, 4) is 78.0 Å². The van der Waals surface area contributed by atoms with E-state index >= 15 is 0 Å². The van der Waals surface area contributed by atoms with E-state index in [4.69, 9.17) is 5.48 Å². The minimum absolute atomic E-state index is 0.144. The Bertz CT molecular complexity index is 2580. The van der Waals surface area contributed by atoms with Gasteiger partial charge in [-0.1, -0.05) is 146 Å². The van der Waals surface area contributed by atoms with Crippen LogP contribution in [-0.4, -0.2) is 4.98 Å². The first kappa shape index (κ1) is 24.9. The molecule has 226 valence electrons. The molecule has 0 radical (unpaired) electrons. The van der Waals surface area contributed by atoms with E-state index < -0.39 is 0 Å². The molecule has 0 aliphatic carbocycles. The average molecular weight is 616 g/mol. The van der Waals surface area contributed by atoms with Crippen LogP contribution in [-0.2, 0) is 0 Å². The molecule has 1 nitrogen and oxygen atoms in total. The maximum Gasteiger partial charge on any atom is 0.0840 e. The van der Waals surface area contributed by atoms with E-state index in [-0.39, 0.29) is 30.0 Å². The van der Waals surface area contributed by atoms with Gasteiger partial charge in [-0.2, -0.15) is 0 Å². The molecular weight excluding hydrogens is 579 g/mol. The fourth-order valence-electron chi connectivity index (χ4n) is 6.24. The Balaban J connectivity index is 1.08. The number of rotatable bonds is 7. The van der Waals surface area contributed by atoms with Crippen molar-refractivity contribution in [2.75, 3.05) is 0 Å². The first-order valence-electron chi connectivity index (χ1n) is 18.0. The predicted octanol–water partition coefficient (Wildman–Crippen LogP) is 12.8. The minimum atomic E-state index is -0.332. The van der Waals surface area contributed by atoms with Crippen molar-refractivity contribution in [2.45, 2.75) is 0 Å². The van der Waals surface area contributed by atoms with Gasteiger partial charge in [-0.05, 0) is 115 Å². The molecule has 48 heavy (non-hydrogen) atoms. The van der Waals surface area contributed by atoms with Gasteiger partial charge in [0.25, 0.3) is 0 Å². The van der Waals surface area contributed by atoms with Crippen LogP contribution < -0.4 is 0 Å². The first-order valence-corrected chi connectivity index (χ1v) is 16.0. The van der Waals surface area contributed by atoms with Gasteiger partial charge < -0.3 is 0 Å². The monoisotopic (exact) mass is 615 g/mol. The van der Waals surface area contributed by atoms with E-state index in [1.54, 1.807) is 0 Å². The predicted molar refractivity (Wildman–Crippen MR) is 202 cm³/mol. The van der Waals surface area contributed by atoms with Crippen LogP contribution in [0.2, 0.25) is 0 Å². The number of pyridine rings is 1. The molecule has 0 unspecified atom stereocenters. The molecule has 1 heterocycles. The van der Waals surface area contributed by atoms with E-state index in [0.29, 0.717) is 5.56 Å². The van der Waals surface area contributed by atoms with Gasteiger partial charge in [0, 0.05) is 11.7 Å². The summed E-state index contributed by atoms with van der Waals surface area (Å²) in [6.45, 7) is 0. The average Bonchev–Trinajstić information content (AvgIpc) is 3.22. The lowest BCUT2D eigenvalue weighted by Gasteiger charge is -2.11. The highest BCUT2D eigenvalue weighted by Crippen LogP contribution is 2.34. The summed E-state index contributed by atoms with van der Waals surface area (Å²) in [6, 6.07) is 60.5. The molecule has 0 saturated heterocycles. The summed E-state index contributed by atoms with van der Waals surface area (Å²) < 4.78 is 32.3. The van der Waals surface area contributed by atoms with Gasteiger partial charge >= 0.3 is 0 Å². The van der Waals surface area contributed by atoms with E-state index in [1.807, 2.05) is 36.4 Å². The molecule has 1 aromatic heterocycles. The van der Waals surface area contributed by atoms with Crippen molar-refractivity contribution in [1.82, 2.24) is 4.98 Å². The van der Waals surface area contributed by atoms with Crippen molar-refractivity contribution in [3.63, 3.8) is 0 Å². The summed E-state index contributed by atoms with van der Waals surface area (Å²) in [5.74, 6) is 0.